The molecule has 0 aromatic heterocycles. The fraction of sp³-hybridized carbons (Fsp3) is 1.00. The summed E-state index contributed by atoms with van der Waals surface area (Å²) in [7, 11) is 0. The molecule has 1 heterocycles. The van der Waals surface area contributed by atoms with Crippen LogP contribution in [0.2, 0.25) is 0 Å². The molecule has 0 radical (unpaired) electrons. The van der Waals surface area contributed by atoms with Crippen LogP contribution in [0.3, 0.4) is 0 Å². The van der Waals surface area contributed by atoms with E-state index in [9.17, 15) is 0 Å². The van der Waals surface area contributed by atoms with E-state index >= 15 is 0 Å². The van der Waals surface area contributed by atoms with E-state index in [4.69, 9.17) is 0 Å². The molecular weight excluding hydrogens is 220 g/mol. The van der Waals surface area contributed by atoms with Gasteiger partial charge in [0.25, 0.3) is 0 Å². The van der Waals surface area contributed by atoms with Gasteiger partial charge in [-0.15, -0.1) is 0 Å². The topological polar surface area (TPSA) is 15.3 Å². The van der Waals surface area contributed by atoms with Gasteiger partial charge in [-0.05, 0) is 64.6 Å². The van der Waals surface area contributed by atoms with Gasteiger partial charge in [0.2, 0.25) is 0 Å². The molecule has 2 atom stereocenters. The lowest BCUT2D eigenvalue weighted by atomic mass is 9.70. The second kappa shape index (κ2) is 6.38. The largest absolute Gasteiger partial charge is 0.312 e. The van der Waals surface area contributed by atoms with Crippen molar-refractivity contribution in [3.63, 3.8) is 0 Å². The van der Waals surface area contributed by atoms with Crippen LogP contribution in [0.1, 0.15) is 65.7 Å². The molecule has 0 aromatic carbocycles. The standard InChI is InChI=1S/C16H32N2/c1-4-16(3,18-12-7-6-8-13-18)15(17-5-2)14-10-9-11-14/h14-15,17H,4-13H2,1-3H3. The Hall–Kier alpha value is -0.0800. The van der Waals surface area contributed by atoms with Crippen LogP contribution in [0.4, 0.5) is 0 Å². The summed E-state index contributed by atoms with van der Waals surface area (Å²) in [6, 6.07) is 0.708. The average molecular weight is 252 g/mol. The van der Waals surface area contributed by atoms with Gasteiger partial charge in [0.1, 0.15) is 0 Å². The first kappa shape index (κ1) is 14.3. The van der Waals surface area contributed by atoms with E-state index < -0.39 is 0 Å². The molecule has 2 aliphatic rings. The van der Waals surface area contributed by atoms with Crippen molar-refractivity contribution in [2.45, 2.75) is 77.3 Å². The zero-order valence-electron chi connectivity index (χ0n) is 12.7. The lowest BCUT2D eigenvalue weighted by Crippen LogP contribution is -2.63. The third kappa shape index (κ3) is 2.75. The summed E-state index contributed by atoms with van der Waals surface area (Å²) in [5.41, 5.74) is 0.377. The molecule has 2 unspecified atom stereocenters. The van der Waals surface area contributed by atoms with Crippen molar-refractivity contribution < 1.29 is 0 Å². The molecule has 2 nitrogen and oxygen atoms in total. The fourth-order valence-electron chi connectivity index (χ4n) is 3.93. The van der Waals surface area contributed by atoms with Crippen molar-refractivity contribution in [2.75, 3.05) is 19.6 Å². The van der Waals surface area contributed by atoms with Gasteiger partial charge in [-0.1, -0.05) is 26.7 Å². The van der Waals surface area contributed by atoms with Crippen molar-refractivity contribution in [2.24, 2.45) is 5.92 Å². The van der Waals surface area contributed by atoms with Gasteiger partial charge in [-0.25, -0.2) is 0 Å². The van der Waals surface area contributed by atoms with Crippen LogP contribution in [0.5, 0.6) is 0 Å². The summed E-state index contributed by atoms with van der Waals surface area (Å²) in [6.07, 6.45) is 9.86. The van der Waals surface area contributed by atoms with Crippen molar-refractivity contribution in [3.05, 3.63) is 0 Å². The molecule has 18 heavy (non-hydrogen) atoms. The highest BCUT2D eigenvalue weighted by Gasteiger charge is 2.43. The van der Waals surface area contributed by atoms with Crippen LogP contribution in [0.15, 0.2) is 0 Å². The van der Waals surface area contributed by atoms with E-state index in [-0.39, 0.29) is 0 Å². The Morgan fingerprint density at radius 2 is 1.78 bits per heavy atom. The second-order valence-corrected chi connectivity index (χ2v) is 6.48. The number of hydrogen-bond acceptors (Lipinski definition) is 2. The molecule has 2 heteroatoms. The summed E-state index contributed by atoms with van der Waals surface area (Å²) in [5.74, 6) is 0.928. The van der Waals surface area contributed by atoms with Crippen LogP contribution >= 0.6 is 0 Å². The van der Waals surface area contributed by atoms with Crippen molar-refractivity contribution in [3.8, 4) is 0 Å². The van der Waals surface area contributed by atoms with Gasteiger partial charge < -0.3 is 5.32 Å². The summed E-state index contributed by atoms with van der Waals surface area (Å²) in [5, 5.41) is 3.83. The Balaban J connectivity index is 2.10. The molecule has 0 amide bonds. The highest BCUT2D eigenvalue weighted by molar-refractivity contribution is 5.01. The number of nitrogens with zero attached hydrogens (tertiary/aromatic N) is 1. The number of nitrogens with one attached hydrogen (secondary N) is 1. The van der Waals surface area contributed by atoms with Crippen molar-refractivity contribution in [1.82, 2.24) is 10.2 Å². The minimum Gasteiger partial charge on any atom is -0.312 e. The van der Waals surface area contributed by atoms with Crippen LogP contribution < -0.4 is 5.32 Å². The summed E-state index contributed by atoms with van der Waals surface area (Å²) in [4.78, 5) is 2.79. The molecule has 0 bridgehead atoms. The smallest absolute Gasteiger partial charge is 0.0334 e. The summed E-state index contributed by atoms with van der Waals surface area (Å²) in [6.45, 7) is 10.9. The predicted octanol–water partition coefficient (Wildman–Crippen LogP) is 3.42. The first-order valence-electron chi connectivity index (χ1n) is 8.20. The van der Waals surface area contributed by atoms with Gasteiger partial charge in [-0.3, -0.25) is 4.90 Å². The minimum absolute atomic E-state index is 0.377. The molecule has 1 saturated heterocycles. The van der Waals surface area contributed by atoms with E-state index in [1.165, 1.54) is 58.0 Å². The highest BCUT2D eigenvalue weighted by Crippen LogP contribution is 2.39. The Bertz CT molecular complexity index is 243. The van der Waals surface area contributed by atoms with Crippen LogP contribution in [-0.2, 0) is 0 Å². The van der Waals surface area contributed by atoms with Gasteiger partial charge in [0, 0.05) is 11.6 Å². The molecule has 2 fully saturated rings. The Labute approximate surface area is 114 Å². The maximum atomic E-state index is 3.83. The van der Waals surface area contributed by atoms with E-state index in [0.717, 1.165) is 12.5 Å². The van der Waals surface area contributed by atoms with Gasteiger partial charge in [0.05, 0.1) is 0 Å². The molecule has 1 aliphatic heterocycles. The maximum Gasteiger partial charge on any atom is 0.0334 e. The Kier molecular flexibility index (Phi) is 5.08. The lowest BCUT2D eigenvalue weighted by molar-refractivity contribution is 0.00796. The minimum atomic E-state index is 0.377. The molecule has 1 aliphatic carbocycles. The molecule has 1 saturated carbocycles. The van der Waals surface area contributed by atoms with Crippen LogP contribution in [0.25, 0.3) is 0 Å². The number of piperidine rings is 1. The Morgan fingerprint density at radius 1 is 1.11 bits per heavy atom. The predicted molar refractivity (Wildman–Crippen MR) is 78.9 cm³/mol. The maximum absolute atomic E-state index is 3.83. The van der Waals surface area contributed by atoms with Gasteiger partial charge in [0.15, 0.2) is 0 Å². The number of likely N-dealkylation sites (N-methyl/N-ethyl adjacent to an activating group) is 1. The SMILES string of the molecule is CCNC(C1CCC1)C(C)(CC)N1CCCCC1. The van der Waals surface area contributed by atoms with E-state index in [0.29, 0.717) is 11.6 Å². The highest BCUT2D eigenvalue weighted by atomic mass is 15.2. The quantitative estimate of drug-likeness (QED) is 0.779. The van der Waals surface area contributed by atoms with Crippen molar-refractivity contribution >= 4 is 0 Å². The molecule has 2 rings (SSSR count). The number of hydrogen-bond donors (Lipinski definition) is 1. The number of rotatable bonds is 6. The van der Waals surface area contributed by atoms with E-state index in [2.05, 4.69) is 31.0 Å². The van der Waals surface area contributed by atoms with E-state index in [1.807, 2.05) is 0 Å². The Morgan fingerprint density at radius 3 is 2.22 bits per heavy atom. The summed E-state index contributed by atoms with van der Waals surface area (Å²) >= 11 is 0. The zero-order valence-corrected chi connectivity index (χ0v) is 12.7. The van der Waals surface area contributed by atoms with Crippen LogP contribution in [-0.4, -0.2) is 36.1 Å². The second-order valence-electron chi connectivity index (χ2n) is 6.48. The van der Waals surface area contributed by atoms with Gasteiger partial charge in [-0.2, -0.15) is 0 Å². The third-order valence-corrected chi connectivity index (χ3v) is 5.51. The number of likely N-dealkylation sites (tertiary alicyclic amines) is 1. The molecule has 1 N–H and O–H groups in total. The average Bonchev–Trinajstić information content (AvgIpc) is 2.36. The zero-order chi connectivity index (χ0) is 13.0. The molecule has 0 aromatic rings. The van der Waals surface area contributed by atoms with Gasteiger partial charge >= 0.3 is 0 Å². The molecule has 106 valence electrons. The third-order valence-electron chi connectivity index (χ3n) is 5.51. The summed E-state index contributed by atoms with van der Waals surface area (Å²) < 4.78 is 0. The molecule has 0 spiro atoms. The first-order valence-corrected chi connectivity index (χ1v) is 8.20. The monoisotopic (exact) mass is 252 g/mol. The normalized spacial score (nSPS) is 27.5. The fourth-order valence-corrected chi connectivity index (χ4v) is 3.93. The molecular formula is C16H32N2. The first-order chi connectivity index (χ1) is 8.72. The van der Waals surface area contributed by atoms with Crippen LogP contribution in [0, 0.1) is 5.92 Å². The van der Waals surface area contributed by atoms with Crippen molar-refractivity contribution in [1.29, 1.82) is 0 Å². The lowest BCUT2D eigenvalue weighted by Gasteiger charge is -2.52. The van der Waals surface area contributed by atoms with E-state index in [1.54, 1.807) is 0 Å².